The molecule has 0 bridgehead atoms. The van der Waals surface area contributed by atoms with Gasteiger partial charge in [-0.1, -0.05) is 56.3 Å². The van der Waals surface area contributed by atoms with E-state index in [0.29, 0.717) is 25.0 Å². The summed E-state index contributed by atoms with van der Waals surface area (Å²) in [5.41, 5.74) is 3.78. The highest BCUT2D eigenvalue weighted by Crippen LogP contribution is 2.16. The molecule has 2 aromatic carbocycles. The second kappa shape index (κ2) is 9.56. The van der Waals surface area contributed by atoms with Gasteiger partial charge in [0.25, 0.3) is 0 Å². The Morgan fingerprint density at radius 1 is 1.11 bits per heavy atom. The van der Waals surface area contributed by atoms with Crippen molar-refractivity contribution in [3.63, 3.8) is 0 Å². The van der Waals surface area contributed by atoms with E-state index in [0.717, 1.165) is 31.6 Å². The summed E-state index contributed by atoms with van der Waals surface area (Å²) in [6.07, 6.45) is 1.95. The van der Waals surface area contributed by atoms with Crippen molar-refractivity contribution in [1.29, 1.82) is 0 Å². The molecule has 2 N–H and O–H groups in total. The molecule has 2 aromatic rings. The summed E-state index contributed by atoms with van der Waals surface area (Å²) in [5.74, 6) is 0.675. The molecule has 0 aliphatic carbocycles. The molecule has 1 atom stereocenters. The van der Waals surface area contributed by atoms with Gasteiger partial charge in [-0.15, -0.1) is 0 Å². The molecule has 0 aromatic heterocycles. The van der Waals surface area contributed by atoms with Crippen LogP contribution in [0.5, 0.6) is 0 Å². The lowest BCUT2D eigenvalue weighted by atomic mass is 10.0. The van der Waals surface area contributed by atoms with Crippen LogP contribution in [-0.2, 0) is 11.2 Å². The maximum absolute atomic E-state index is 12.2. The van der Waals surface area contributed by atoms with Crippen molar-refractivity contribution in [1.82, 2.24) is 10.2 Å². The van der Waals surface area contributed by atoms with Crippen LogP contribution in [0.1, 0.15) is 37.3 Å². The third-order valence-electron chi connectivity index (χ3n) is 5.17. The number of nitrogens with zero attached hydrogens (tertiary/aromatic N) is 1. The summed E-state index contributed by atoms with van der Waals surface area (Å²) in [6.45, 7) is 7.47. The molecule has 0 saturated carbocycles. The van der Waals surface area contributed by atoms with E-state index in [4.69, 9.17) is 0 Å². The van der Waals surface area contributed by atoms with Gasteiger partial charge in [0.05, 0.1) is 6.54 Å². The first-order valence-electron chi connectivity index (χ1n) is 9.99. The van der Waals surface area contributed by atoms with Crippen LogP contribution in [0.4, 0.5) is 5.69 Å². The molecule has 3 rings (SSSR count). The van der Waals surface area contributed by atoms with Crippen LogP contribution in [0.25, 0.3) is 0 Å². The fourth-order valence-electron chi connectivity index (χ4n) is 3.54. The quantitative estimate of drug-likeness (QED) is 0.750. The normalized spacial score (nSPS) is 17.2. The lowest BCUT2D eigenvalue weighted by molar-refractivity contribution is -0.121. The van der Waals surface area contributed by atoms with Gasteiger partial charge in [0, 0.05) is 31.4 Å². The van der Waals surface area contributed by atoms with Crippen LogP contribution in [0, 0.1) is 0 Å². The molecular weight excluding hydrogens is 334 g/mol. The first-order chi connectivity index (χ1) is 13.1. The molecule has 4 nitrogen and oxygen atoms in total. The summed E-state index contributed by atoms with van der Waals surface area (Å²) in [6, 6.07) is 19.4. The van der Waals surface area contributed by atoms with Gasteiger partial charge >= 0.3 is 0 Å². The summed E-state index contributed by atoms with van der Waals surface area (Å²) in [7, 11) is 0. The van der Waals surface area contributed by atoms with Gasteiger partial charge in [-0.25, -0.2) is 0 Å². The van der Waals surface area contributed by atoms with E-state index in [-0.39, 0.29) is 5.91 Å². The van der Waals surface area contributed by atoms with E-state index >= 15 is 0 Å². The number of nitrogens with one attached hydrogen (secondary N) is 2. The zero-order chi connectivity index (χ0) is 19.1. The van der Waals surface area contributed by atoms with E-state index in [2.05, 4.69) is 65.8 Å². The lowest BCUT2D eigenvalue weighted by Crippen LogP contribution is -2.37. The number of anilines is 1. The van der Waals surface area contributed by atoms with Crippen molar-refractivity contribution in [2.75, 3.05) is 31.5 Å². The van der Waals surface area contributed by atoms with Gasteiger partial charge in [-0.2, -0.15) is 0 Å². The Balaban J connectivity index is 1.35. The SMILES string of the molecule is CC(C)c1ccc(CCNC(=O)CN2CCC(Nc3ccccc3)C2)cc1. The summed E-state index contributed by atoms with van der Waals surface area (Å²) >= 11 is 0. The Labute approximate surface area is 163 Å². The van der Waals surface area contributed by atoms with Gasteiger partial charge in [0.1, 0.15) is 0 Å². The molecule has 27 heavy (non-hydrogen) atoms. The predicted molar refractivity (Wildman–Crippen MR) is 112 cm³/mol. The van der Waals surface area contributed by atoms with Crippen molar-refractivity contribution >= 4 is 11.6 Å². The van der Waals surface area contributed by atoms with Crippen LogP contribution >= 0.6 is 0 Å². The first-order valence-corrected chi connectivity index (χ1v) is 9.99. The number of likely N-dealkylation sites (tertiary alicyclic amines) is 1. The number of hydrogen-bond acceptors (Lipinski definition) is 3. The fraction of sp³-hybridized carbons (Fsp3) is 0.435. The van der Waals surface area contributed by atoms with E-state index in [9.17, 15) is 4.79 Å². The summed E-state index contributed by atoms with van der Waals surface area (Å²) in [5, 5.41) is 6.61. The van der Waals surface area contributed by atoms with E-state index in [1.165, 1.54) is 11.1 Å². The lowest BCUT2D eigenvalue weighted by Gasteiger charge is -2.17. The fourth-order valence-corrected chi connectivity index (χ4v) is 3.54. The highest BCUT2D eigenvalue weighted by molar-refractivity contribution is 5.78. The molecule has 0 spiro atoms. The summed E-state index contributed by atoms with van der Waals surface area (Å²) in [4.78, 5) is 14.5. The van der Waals surface area contributed by atoms with Crippen LogP contribution < -0.4 is 10.6 Å². The molecule has 0 radical (unpaired) electrons. The molecule has 1 aliphatic heterocycles. The van der Waals surface area contributed by atoms with Gasteiger partial charge < -0.3 is 10.6 Å². The monoisotopic (exact) mass is 365 g/mol. The first kappa shape index (κ1) is 19.4. The third kappa shape index (κ3) is 6.10. The molecule has 1 heterocycles. The summed E-state index contributed by atoms with van der Waals surface area (Å²) < 4.78 is 0. The molecular formula is C23H31N3O. The Morgan fingerprint density at radius 3 is 2.56 bits per heavy atom. The maximum atomic E-state index is 12.2. The molecule has 144 valence electrons. The number of amides is 1. The smallest absolute Gasteiger partial charge is 0.234 e. The van der Waals surface area contributed by atoms with Crippen LogP contribution in [0.2, 0.25) is 0 Å². The topological polar surface area (TPSA) is 44.4 Å². The second-order valence-corrected chi connectivity index (χ2v) is 7.73. The van der Waals surface area contributed by atoms with Gasteiger partial charge in [0.2, 0.25) is 5.91 Å². The average molecular weight is 366 g/mol. The van der Waals surface area contributed by atoms with Crippen LogP contribution in [0.3, 0.4) is 0 Å². The second-order valence-electron chi connectivity index (χ2n) is 7.73. The van der Waals surface area contributed by atoms with Crippen LogP contribution in [0.15, 0.2) is 54.6 Å². The Kier molecular flexibility index (Phi) is 6.88. The van der Waals surface area contributed by atoms with Crippen molar-refractivity contribution in [3.8, 4) is 0 Å². The number of carbonyl (C=O) groups is 1. The largest absolute Gasteiger partial charge is 0.381 e. The zero-order valence-electron chi connectivity index (χ0n) is 16.4. The number of benzene rings is 2. The van der Waals surface area contributed by atoms with Gasteiger partial charge in [0.15, 0.2) is 0 Å². The number of carbonyl (C=O) groups excluding carboxylic acids is 1. The number of rotatable bonds is 8. The molecule has 4 heteroatoms. The molecule has 1 aliphatic rings. The third-order valence-corrected chi connectivity index (χ3v) is 5.17. The Morgan fingerprint density at radius 2 is 1.85 bits per heavy atom. The van der Waals surface area contributed by atoms with Gasteiger partial charge in [-0.05, 0) is 42.0 Å². The molecule has 1 fully saturated rings. The van der Waals surface area contributed by atoms with Crippen LogP contribution in [-0.4, -0.2) is 43.0 Å². The average Bonchev–Trinajstić information content (AvgIpc) is 3.09. The minimum atomic E-state index is 0.120. The minimum absolute atomic E-state index is 0.120. The number of para-hydroxylation sites is 1. The van der Waals surface area contributed by atoms with E-state index < -0.39 is 0 Å². The molecule has 1 saturated heterocycles. The van der Waals surface area contributed by atoms with E-state index in [1.54, 1.807) is 0 Å². The van der Waals surface area contributed by atoms with Crippen molar-refractivity contribution < 1.29 is 4.79 Å². The minimum Gasteiger partial charge on any atom is -0.381 e. The Hall–Kier alpha value is -2.33. The zero-order valence-corrected chi connectivity index (χ0v) is 16.4. The van der Waals surface area contributed by atoms with E-state index in [1.807, 2.05) is 18.2 Å². The number of hydrogen-bond donors (Lipinski definition) is 2. The van der Waals surface area contributed by atoms with Crippen molar-refractivity contribution in [2.45, 2.75) is 38.6 Å². The highest BCUT2D eigenvalue weighted by atomic mass is 16.2. The standard InChI is InChI=1S/C23H31N3O/c1-18(2)20-10-8-19(9-11-20)12-14-24-23(27)17-26-15-13-22(16-26)25-21-6-4-3-5-7-21/h3-11,18,22,25H,12-17H2,1-2H3,(H,24,27). The maximum Gasteiger partial charge on any atom is 0.234 e. The molecule has 1 unspecified atom stereocenters. The Bertz CT molecular complexity index is 712. The van der Waals surface area contributed by atoms with Crippen molar-refractivity contribution in [3.05, 3.63) is 65.7 Å². The highest BCUT2D eigenvalue weighted by Gasteiger charge is 2.23. The van der Waals surface area contributed by atoms with Gasteiger partial charge in [-0.3, -0.25) is 9.69 Å². The molecule has 1 amide bonds. The predicted octanol–water partition coefficient (Wildman–Crippen LogP) is 3.66. The van der Waals surface area contributed by atoms with Crippen molar-refractivity contribution in [2.24, 2.45) is 0 Å².